The number of carbonyl (C=O) groups is 2. The highest BCUT2D eigenvalue weighted by Crippen LogP contribution is 2.13. The Labute approximate surface area is 145 Å². The predicted molar refractivity (Wildman–Crippen MR) is 90.7 cm³/mol. The zero-order chi connectivity index (χ0) is 17.8. The number of carbonyl (C=O) groups excluding carboxylic acids is 2. The molecule has 7 heteroatoms. The lowest BCUT2D eigenvalue weighted by Crippen LogP contribution is -2.53. The molecule has 0 bridgehead atoms. The fourth-order valence-electron chi connectivity index (χ4n) is 2.82. The predicted octanol–water partition coefficient (Wildman–Crippen LogP) is 2.20. The molecule has 1 fully saturated rings. The first kappa shape index (κ1) is 17.0. The highest BCUT2D eigenvalue weighted by molar-refractivity contribution is 5.91. The number of anilines is 1. The van der Waals surface area contributed by atoms with E-state index in [1.165, 1.54) is 18.4 Å². The number of halogens is 1. The van der Waals surface area contributed by atoms with Crippen molar-refractivity contribution >= 4 is 17.5 Å². The van der Waals surface area contributed by atoms with Crippen molar-refractivity contribution in [1.29, 1.82) is 0 Å². The van der Waals surface area contributed by atoms with Gasteiger partial charge in [0.2, 0.25) is 5.91 Å². The molecule has 6 nitrogen and oxygen atoms in total. The van der Waals surface area contributed by atoms with Crippen LogP contribution in [0.25, 0.3) is 0 Å². The topological polar surface area (TPSA) is 65.8 Å². The first-order valence-corrected chi connectivity index (χ1v) is 8.18. The molecule has 0 spiro atoms. The minimum Gasteiger partial charge on any atom is -0.459 e. The molecule has 2 amide bonds. The first-order chi connectivity index (χ1) is 12.0. The van der Waals surface area contributed by atoms with Crippen LogP contribution in [0, 0.1) is 5.82 Å². The standard InChI is InChI=1S/C18H20FN3O3/c1-13(20-15-6-4-14(19)5-7-15)17(23)21-8-10-22(11-9-21)18(24)16-3-2-12-25-16/h2-7,12-13,20H,8-11H2,1H3. The Hall–Kier alpha value is -2.83. The van der Waals surface area contributed by atoms with Gasteiger partial charge in [-0.05, 0) is 43.3 Å². The van der Waals surface area contributed by atoms with Crippen molar-refractivity contribution in [2.75, 3.05) is 31.5 Å². The second-order valence-corrected chi connectivity index (χ2v) is 5.97. The van der Waals surface area contributed by atoms with E-state index in [4.69, 9.17) is 4.42 Å². The van der Waals surface area contributed by atoms with Crippen LogP contribution in [0.5, 0.6) is 0 Å². The lowest BCUT2D eigenvalue weighted by molar-refractivity contribution is -0.133. The molecule has 25 heavy (non-hydrogen) atoms. The molecule has 0 saturated carbocycles. The van der Waals surface area contributed by atoms with E-state index < -0.39 is 6.04 Å². The molecule has 1 aliphatic heterocycles. The average molecular weight is 345 g/mol. The number of amides is 2. The van der Waals surface area contributed by atoms with Gasteiger partial charge in [0, 0.05) is 31.9 Å². The number of nitrogens with zero attached hydrogens (tertiary/aromatic N) is 2. The van der Waals surface area contributed by atoms with Crippen molar-refractivity contribution in [2.45, 2.75) is 13.0 Å². The number of hydrogen-bond donors (Lipinski definition) is 1. The summed E-state index contributed by atoms with van der Waals surface area (Å²) in [4.78, 5) is 28.2. The number of hydrogen-bond acceptors (Lipinski definition) is 4. The summed E-state index contributed by atoms with van der Waals surface area (Å²) < 4.78 is 18.1. The summed E-state index contributed by atoms with van der Waals surface area (Å²) in [5.41, 5.74) is 0.689. The summed E-state index contributed by atoms with van der Waals surface area (Å²) in [6, 6.07) is 8.76. The zero-order valence-corrected chi connectivity index (χ0v) is 13.9. The largest absolute Gasteiger partial charge is 0.459 e. The van der Waals surface area contributed by atoms with Crippen molar-refractivity contribution in [3.05, 3.63) is 54.2 Å². The summed E-state index contributed by atoms with van der Waals surface area (Å²) in [5.74, 6) is -0.211. The van der Waals surface area contributed by atoms with Crippen molar-refractivity contribution < 1.29 is 18.4 Å². The Balaban J connectivity index is 1.52. The third-order valence-electron chi connectivity index (χ3n) is 4.21. The lowest BCUT2D eigenvalue weighted by Gasteiger charge is -2.35. The maximum atomic E-state index is 12.9. The number of piperazine rings is 1. The molecule has 1 unspecified atom stereocenters. The smallest absolute Gasteiger partial charge is 0.289 e. The van der Waals surface area contributed by atoms with Gasteiger partial charge in [-0.15, -0.1) is 0 Å². The molecule has 1 atom stereocenters. The SMILES string of the molecule is CC(Nc1ccc(F)cc1)C(=O)N1CCN(C(=O)c2ccco2)CC1. The minimum absolute atomic E-state index is 0.0468. The van der Waals surface area contributed by atoms with Crippen LogP contribution < -0.4 is 5.32 Å². The summed E-state index contributed by atoms with van der Waals surface area (Å²) in [5, 5.41) is 3.07. The van der Waals surface area contributed by atoms with Gasteiger partial charge in [0.1, 0.15) is 11.9 Å². The van der Waals surface area contributed by atoms with Gasteiger partial charge in [-0.3, -0.25) is 9.59 Å². The Morgan fingerprint density at radius 2 is 1.72 bits per heavy atom. The molecule has 0 radical (unpaired) electrons. The van der Waals surface area contributed by atoms with Crippen LogP contribution in [0.4, 0.5) is 10.1 Å². The van der Waals surface area contributed by atoms with Gasteiger partial charge >= 0.3 is 0 Å². The molecule has 2 aromatic rings. The first-order valence-electron chi connectivity index (χ1n) is 8.18. The number of nitrogens with one attached hydrogen (secondary N) is 1. The molecule has 1 aromatic carbocycles. The molecule has 1 saturated heterocycles. The van der Waals surface area contributed by atoms with Gasteiger partial charge in [0.05, 0.1) is 6.26 Å². The van der Waals surface area contributed by atoms with E-state index in [0.717, 1.165) is 0 Å². The van der Waals surface area contributed by atoms with Crippen LogP contribution in [-0.4, -0.2) is 53.8 Å². The molecular formula is C18H20FN3O3. The van der Waals surface area contributed by atoms with Crippen LogP contribution in [-0.2, 0) is 4.79 Å². The quantitative estimate of drug-likeness (QED) is 0.923. The van der Waals surface area contributed by atoms with E-state index in [0.29, 0.717) is 37.6 Å². The van der Waals surface area contributed by atoms with Crippen molar-refractivity contribution in [1.82, 2.24) is 9.80 Å². The van der Waals surface area contributed by atoms with E-state index in [9.17, 15) is 14.0 Å². The monoisotopic (exact) mass is 345 g/mol. The maximum absolute atomic E-state index is 12.9. The zero-order valence-electron chi connectivity index (χ0n) is 13.9. The Kier molecular flexibility index (Phi) is 5.02. The summed E-state index contributed by atoms with van der Waals surface area (Å²) >= 11 is 0. The highest BCUT2D eigenvalue weighted by Gasteiger charge is 2.28. The van der Waals surface area contributed by atoms with Crippen LogP contribution in [0.3, 0.4) is 0 Å². The van der Waals surface area contributed by atoms with Crippen molar-refractivity contribution in [2.24, 2.45) is 0 Å². The Morgan fingerprint density at radius 3 is 2.32 bits per heavy atom. The molecule has 132 valence electrons. The van der Waals surface area contributed by atoms with E-state index >= 15 is 0 Å². The summed E-state index contributed by atoms with van der Waals surface area (Å²) in [6.45, 7) is 3.65. The third kappa shape index (κ3) is 3.99. The van der Waals surface area contributed by atoms with Gasteiger partial charge in [0.25, 0.3) is 5.91 Å². The number of benzene rings is 1. The Bertz CT molecular complexity index is 723. The molecular weight excluding hydrogens is 325 g/mol. The van der Waals surface area contributed by atoms with Gasteiger partial charge < -0.3 is 19.5 Å². The fourth-order valence-corrected chi connectivity index (χ4v) is 2.82. The maximum Gasteiger partial charge on any atom is 0.289 e. The second-order valence-electron chi connectivity index (χ2n) is 5.97. The minimum atomic E-state index is -0.433. The van der Waals surface area contributed by atoms with Crippen molar-refractivity contribution in [3.8, 4) is 0 Å². The van der Waals surface area contributed by atoms with Crippen LogP contribution in [0.2, 0.25) is 0 Å². The van der Waals surface area contributed by atoms with Crippen LogP contribution in [0.1, 0.15) is 17.5 Å². The summed E-state index contributed by atoms with van der Waals surface area (Å²) in [7, 11) is 0. The highest BCUT2D eigenvalue weighted by atomic mass is 19.1. The molecule has 2 heterocycles. The fraction of sp³-hybridized carbons (Fsp3) is 0.333. The van der Waals surface area contributed by atoms with Crippen molar-refractivity contribution in [3.63, 3.8) is 0 Å². The van der Waals surface area contributed by atoms with Crippen LogP contribution >= 0.6 is 0 Å². The third-order valence-corrected chi connectivity index (χ3v) is 4.21. The van der Waals surface area contributed by atoms with Crippen LogP contribution in [0.15, 0.2) is 47.1 Å². The number of rotatable bonds is 4. The molecule has 1 N–H and O–H groups in total. The lowest BCUT2D eigenvalue weighted by atomic mass is 10.2. The van der Waals surface area contributed by atoms with E-state index in [1.807, 2.05) is 0 Å². The van der Waals surface area contributed by atoms with Gasteiger partial charge in [0.15, 0.2) is 5.76 Å². The molecule has 1 aliphatic rings. The Morgan fingerprint density at radius 1 is 1.08 bits per heavy atom. The second kappa shape index (κ2) is 7.38. The van der Waals surface area contributed by atoms with E-state index in [-0.39, 0.29) is 17.6 Å². The van der Waals surface area contributed by atoms with E-state index in [1.54, 1.807) is 41.0 Å². The summed E-state index contributed by atoms with van der Waals surface area (Å²) in [6.07, 6.45) is 1.47. The molecule has 1 aromatic heterocycles. The normalized spacial score (nSPS) is 15.8. The van der Waals surface area contributed by atoms with Gasteiger partial charge in [-0.1, -0.05) is 0 Å². The molecule has 3 rings (SSSR count). The van der Waals surface area contributed by atoms with E-state index in [2.05, 4.69) is 5.32 Å². The average Bonchev–Trinajstić information content (AvgIpc) is 3.17. The molecule has 0 aliphatic carbocycles. The van der Waals surface area contributed by atoms with Gasteiger partial charge in [-0.25, -0.2) is 4.39 Å². The van der Waals surface area contributed by atoms with Gasteiger partial charge in [-0.2, -0.15) is 0 Å². The number of furan rings is 1.